The molecule has 5 heteroatoms. The molecule has 110 valence electrons. The molecule has 1 aliphatic carbocycles. The van der Waals surface area contributed by atoms with E-state index in [1.54, 1.807) is 6.92 Å². The van der Waals surface area contributed by atoms with Gasteiger partial charge in [0.1, 0.15) is 0 Å². The molecular weight excluding hydrogens is 244 g/mol. The zero-order valence-electron chi connectivity index (χ0n) is 12.0. The quantitative estimate of drug-likeness (QED) is 0.727. The Hall–Kier alpha value is -1.26. The first-order chi connectivity index (χ1) is 9.15. The standard InChI is InChI=1S/C14H26N2O3/c1-3-11-5-7-12(8-6-11)16-14(18)15-10-9-13(17)19-4-2/h11-12H,3-10H2,1-2H3,(H2,15,16,18). The van der Waals surface area contributed by atoms with Gasteiger partial charge in [0, 0.05) is 12.6 Å². The third-order valence-electron chi connectivity index (χ3n) is 3.68. The van der Waals surface area contributed by atoms with E-state index in [1.807, 2.05) is 0 Å². The van der Waals surface area contributed by atoms with Crippen molar-refractivity contribution in [2.24, 2.45) is 5.92 Å². The van der Waals surface area contributed by atoms with Crippen LogP contribution in [-0.4, -0.2) is 31.2 Å². The summed E-state index contributed by atoms with van der Waals surface area (Å²) >= 11 is 0. The molecule has 0 aromatic heterocycles. The van der Waals surface area contributed by atoms with Crippen molar-refractivity contribution in [3.8, 4) is 0 Å². The SMILES string of the molecule is CCOC(=O)CCNC(=O)NC1CCC(CC)CC1. The predicted octanol–water partition coefficient (Wildman–Crippen LogP) is 2.21. The van der Waals surface area contributed by atoms with Gasteiger partial charge in [-0.3, -0.25) is 4.79 Å². The summed E-state index contributed by atoms with van der Waals surface area (Å²) in [7, 11) is 0. The highest BCUT2D eigenvalue weighted by Gasteiger charge is 2.21. The monoisotopic (exact) mass is 270 g/mol. The summed E-state index contributed by atoms with van der Waals surface area (Å²) in [6, 6.07) is 0.106. The van der Waals surface area contributed by atoms with Crippen LogP contribution < -0.4 is 10.6 Å². The Bertz CT molecular complexity index is 286. The van der Waals surface area contributed by atoms with Gasteiger partial charge < -0.3 is 15.4 Å². The molecule has 0 saturated heterocycles. The van der Waals surface area contributed by atoms with E-state index in [9.17, 15) is 9.59 Å². The van der Waals surface area contributed by atoms with Crippen LogP contribution in [0.4, 0.5) is 4.79 Å². The van der Waals surface area contributed by atoms with Gasteiger partial charge in [0.2, 0.25) is 0 Å². The molecule has 0 aliphatic heterocycles. The summed E-state index contributed by atoms with van der Waals surface area (Å²) in [5.41, 5.74) is 0. The van der Waals surface area contributed by atoms with E-state index in [0.29, 0.717) is 13.2 Å². The van der Waals surface area contributed by atoms with Crippen molar-refractivity contribution in [3.05, 3.63) is 0 Å². The van der Waals surface area contributed by atoms with Crippen LogP contribution in [0.15, 0.2) is 0 Å². The van der Waals surface area contributed by atoms with Crippen molar-refractivity contribution >= 4 is 12.0 Å². The molecule has 1 rings (SSSR count). The number of hydrogen-bond donors (Lipinski definition) is 2. The lowest BCUT2D eigenvalue weighted by Gasteiger charge is -2.28. The molecule has 2 amide bonds. The van der Waals surface area contributed by atoms with Crippen LogP contribution in [0.2, 0.25) is 0 Å². The first-order valence-electron chi connectivity index (χ1n) is 7.35. The molecule has 0 atom stereocenters. The molecule has 0 spiro atoms. The maximum Gasteiger partial charge on any atom is 0.315 e. The molecular formula is C14H26N2O3. The zero-order chi connectivity index (χ0) is 14.1. The van der Waals surface area contributed by atoms with Gasteiger partial charge in [-0.1, -0.05) is 13.3 Å². The lowest BCUT2D eigenvalue weighted by Crippen LogP contribution is -2.44. The van der Waals surface area contributed by atoms with Crippen LogP contribution in [0.1, 0.15) is 52.4 Å². The molecule has 1 saturated carbocycles. The Balaban J connectivity index is 2.09. The Morgan fingerprint density at radius 2 is 1.84 bits per heavy atom. The van der Waals surface area contributed by atoms with Crippen molar-refractivity contribution in [1.82, 2.24) is 10.6 Å². The summed E-state index contributed by atoms with van der Waals surface area (Å²) in [6.45, 7) is 4.70. The molecule has 19 heavy (non-hydrogen) atoms. The number of nitrogens with one attached hydrogen (secondary N) is 2. The van der Waals surface area contributed by atoms with Crippen LogP contribution in [-0.2, 0) is 9.53 Å². The van der Waals surface area contributed by atoms with Crippen molar-refractivity contribution < 1.29 is 14.3 Å². The topological polar surface area (TPSA) is 67.4 Å². The first kappa shape index (κ1) is 15.8. The number of carbonyl (C=O) groups is 2. The summed E-state index contributed by atoms with van der Waals surface area (Å²) in [6.07, 6.45) is 5.98. The van der Waals surface area contributed by atoms with Gasteiger partial charge in [-0.2, -0.15) is 0 Å². The third-order valence-corrected chi connectivity index (χ3v) is 3.68. The summed E-state index contributed by atoms with van der Waals surface area (Å²) < 4.78 is 4.79. The number of urea groups is 1. The number of ether oxygens (including phenoxy) is 1. The second-order valence-corrected chi connectivity index (χ2v) is 5.08. The van der Waals surface area contributed by atoms with Gasteiger partial charge in [-0.05, 0) is 38.5 Å². The van der Waals surface area contributed by atoms with Gasteiger partial charge in [-0.15, -0.1) is 0 Å². The normalized spacial score (nSPS) is 22.6. The van der Waals surface area contributed by atoms with Crippen LogP contribution in [0.5, 0.6) is 0 Å². The Kier molecular flexibility index (Phi) is 7.30. The van der Waals surface area contributed by atoms with Crippen LogP contribution >= 0.6 is 0 Å². The smallest absolute Gasteiger partial charge is 0.315 e. The predicted molar refractivity (Wildman–Crippen MR) is 73.8 cm³/mol. The van der Waals surface area contributed by atoms with Gasteiger partial charge in [0.15, 0.2) is 0 Å². The van der Waals surface area contributed by atoms with E-state index in [-0.39, 0.29) is 24.5 Å². The second kappa shape index (κ2) is 8.77. The average Bonchev–Trinajstić information content (AvgIpc) is 2.40. The van der Waals surface area contributed by atoms with E-state index < -0.39 is 0 Å². The largest absolute Gasteiger partial charge is 0.466 e. The molecule has 0 aromatic rings. The molecule has 0 unspecified atom stereocenters. The minimum atomic E-state index is -0.272. The Labute approximate surface area is 115 Å². The molecule has 0 bridgehead atoms. The molecule has 0 aromatic carbocycles. The zero-order valence-corrected chi connectivity index (χ0v) is 12.0. The molecule has 0 heterocycles. The van der Waals surface area contributed by atoms with Gasteiger partial charge in [0.25, 0.3) is 0 Å². The van der Waals surface area contributed by atoms with E-state index >= 15 is 0 Å². The summed E-state index contributed by atoms with van der Waals surface area (Å²) in [4.78, 5) is 22.7. The number of esters is 1. The molecule has 2 N–H and O–H groups in total. The fraction of sp³-hybridized carbons (Fsp3) is 0.857. The fourth-order valence-electron chi connectivity index (χ4n) is 2.46. The maximum absolute atomic E-state index is 11.6. The van der Waals surface area contributed by atoms with Gasteiger partial charge in [0.05, 0.1) is 13.0 Å². The Morgan fingerprint density at radius 1 is 1.16 bits per heavy atom. The van der Waals surface area contributed by atoms with Crippen LogP contribution in [0.3, 0.4) is 0 Å². The molecule has 5 nitrogen and oxygen atoms in total. The van der Waals surface area contributed by atoms with E-state index in [1.165, 1.54) is 19.3 Å². The van der Waals surface area contributed by atoms with Crippen LogP contribution in [0, 0.1) is 5.92 Å². The van der Waals surface area contributed by atoms with Crippen LogP contribution in [0.25, 0.3) is 0 Å². The molecule has 1 fully saturated rings. The fourth-order valence-corrected chi connectivity index (χ4v) is 2.46. The molecule has 1 aliphatic rings. The first-order valence-corrected chi connectivity index (χ1v) is 7.35. The van der Waals surface area contributed by atoms with E-state index in [0.717, 1.165) is 18.8 Å². The summed E-state index contributed by atoms with van der Waals surface area (Å²) in [5, 5.41) is 5.66. The number of rotatable bonds is 6. The van der Waals surface area contributed by atoms with Gasteiger partial charge in [-0.25, -0.2) is 4.79 Å². The van der Waals surface area contributed by atoms with Crippen molar-refractivity contribution in [2.75, 3.05) is 13.2 Å². The van der Waals surface area contributed by atoms with E-state index in [2.05, 4.69) is 17.6 Å². The van der Waals surface area contributed by atoms with Gasteiger partial charge >= 0.3 is 12.0 Å². The lowest BCUT2D eigenvalue weighted by molar-refractivity contribution is -0.142. The highest BCUT2D eigenvalue weighted by Crippen LogP contribution is 2.26. The van der Waals surface area contributed by atoms with Crippen molar-refractivity contribution in [2.45, 2.75) is 58.4 Å². The van der Waals surface area contributed by atoms with E-state index in [4.69, 9.17) is 4.74 Å². The van der Waals surface area contributed by atoms with Crippen molar-refractivity contribution in [3.63, 3.8) is 0 Å². The highest BCUT2D eigenvalue weighted by atomic mass is 16.5. The Morgan fingerprint density at radius 3 is 2.42 bits per heavy atom. The highest BCUT2D eigenvalue weighted by molar-refractivity contribution is 5.75. The number of hydrogen-bond acceptors (Lipinski definition) is 3. The molecule has 0 radical (unpaired) electrons. The minimum Gasteiger partial charge on any atom is -0.466 e. The minimum absolute atomic E-state index is 0.177. The number of carbonyl (C=O) groups excluding carboxylic acids is 2. The number of amides is 2. The lowest BCUT2D eigenvalue weighted by atomic mass is 9.85. The second-order valence-electron chi connectivity index (χ2n) is 5.08. The third kappa shape index (κ3) is 6.45. The van der Waals surface area contributed by atoms with Crippen molar-refractivity contribution in [1.29, 1.82) is 0 Å². The average molecular weight is 270 g/mol. The summed E-state index contributed by atoms with van der Waals surface area (Å²) in [5.74, 6) is 0.552. The maximum atomic E-state index is 11.6.